The molecule has 0 saturated carbocycles. The first-order valence-electron chi connectivity index (χ1n) is 5.72. The van der Waals surface area contributed by atoms with Crippen LogP contribution in [0, 0.1) is 18.3 Å². The zero-order chi connectivity index (χ0) is 12.5. The maximum atomic E-state index is 8.73. The molecule has 17 heavy (non-hydrogen) atoms. The van der Waals surface area contributed by atoms with Crippen LogP contribution in [0.15, 0.2) is 6.07 Å². The van der Waals surface area contributed by atoms with E-state index in [1.165, 1.54) is 0 Å². The second-order valence-electron chi connectivity index (χ2n) is 3.60. The normalized spacial score (nSPS) is 9.94. The Kier molecular flexibility index (Phi) is 5.97. The van der Waals surface area contributed by atoms with Crippen molar-refractivity contribution in [1.82, 2.24) is 9.97 Å². The molecule has 5 heteroatoms. The van der Waals surface area contributed by atoms with Gasteiger partial charge in [0.2, 0.25) is 0 Å². The molecule has 92 valence electrons. The third-order valence-corrected chi connectivity index (χ3v) is 2.05. The molecule has 0 aromatic carbocycles. The van der Waals surface area contributed by atoms with Crippen LogP contribution in [0.4, 0.5) is 0 Å². The lowest BCUT2D eigenvalue weighted by molar-refractivity contribution is 0.0947. The van der Waals surface area contributed by atoms with Crippen LogP contribution in [-0.2, 0) is 4.74 Å². The lowest BCUT2D eigenvalue weighted by atomic mass is 10.3. The monoisotopic (exact) mass is 235 g/mol. The molecule has 1 heterocycles. The van der Waals surface area contributed by atoms with Crippen LogP contribution in [0.3, 0.4) is 0 Å². The van der Waals surface area contributed by atoms with Crippen LogP contribution in [0.25, 0.3) is 0 Å². The Bertz CT molecular complexity index is 388. The van der Waals surface area contributed by atoms with Gasteiger partial charge in [0.25, 0.3) is 0 Å². The molecule has 0 radical (unpaired) electrons. The molecule has 0 amide bonds. The van der Waals surface area contributed by atoms with E-state index < -0.39 is 0 Å². The first-order chi connectivity index (χ1) is 8.26. The van der Waals surface area contributed by atoms with Gasteiger partial charge in [-0.25, -0.2) is 4.98 Å². The van der Waals surface area contributed by atoms with Gasteiger partial charge in [-0.15, -0.1) is 0 Å². The van der Waals surface area contributed by atoms with Gasteiger partial charge in [0.15, 0.2) is 0 Å². The molecule has 0 unspecified atom stereocenters. The Morgan fingerprint density at radius 3 is 2.82 bits per heavy atom. The Morgan fingerprint density at radius 1 is 1.29 bits per heavy atom. The molecule has 0 bridgehead atoms. The third kappa shape index (κ3) is 5.27. The van der Waals surface area contributed by atoms with E-state index >= 15 is 0 Å². The van der Waals surface area contributed by atoms with Gasteiger partial charge < -0.3 is 9.47 Å². The number of aromatic nitrogens is 2. The van der Waals surface area contributed by atoms with Crippen LogP contribution in [0.1, 0.15) is 31.2 Å². The van der Waals surface area contributed by atoms with Gasteiger partial charge in [-0.2, -0.15) is 10.2 Å². The predicted molar refractivity (Wildman–Crippen MR) is 62.7 cm³/mol. The first kappa shape index (κ1) is 13.4. The Labute approximate surface area is 101 Å². The van der Waals surface area contributed by atoms with Crippen molar-refractivity contribution in [3.8, 4) is 12.1 Å². The van der Waals surface area contributed by atoms with Crippen LogP contribution in [-0.4, -0.2) is 29.8 Å². The van der Waals surface area contributed by atoms with Crippen molar-refractivity contribution in [3.63, 3.8) is 0 Å². The predicted octanol–water partition coefficient (Wildman–Crippen LogP) is 1.85. The quantitative estimate of drug-likeness (QED) is 0.675. The Morgan fingerprint density at radius 2 is 2.12 bits per heavy atom. The first-order valence-corrected chi connectivity index (χ1v) is 5.72. The number of nitriles is 1. The van der Waals surface area contributed by atoms with Gasteiger partial charge in [0.05, 0.1) is 6.61 Å². The Hall–Kier alpha value is -1.67. The van der Waals surface area contributed by atoms with Crippen molar-refractivity contribution in [1.29, 1.82) is 5.26 Å². The smallest absolute Gasteiger partial charge is 0.317 e. The SMILES string of the molecule is CCCCOCCOc1nc(C)cc(C#N)n1. The van der Waals surface area contributed by atoms with Crippen LogP contribution in [0.5, 0.6) is 6.01 Å². The molecule has 0 aliphatic rings. The number of ether oxygens (including phenoxy) is 2. The molecule has 0 atom stereocenters. The van der Waals surface area contributed by atoms with Gasteiger partial charge in [0, 0.05) is 12.3 Å². The highest BCUT2D eigenvalue weighted by atomic mass is 16.5. The standard InChI is InChI=1S/C12H17N3O2/c1-3-4-5-16-6-7-17-12-14-10(2)8-11(9-13)15-12/h8H,3-7H2,1-2H3. The van der Waals surface area contributed by atoms with Crippen molar-refractivity contribution < 1.29 is 9.47 Å². The molecule has 1 aromatic rings. The van der Waals surface area contributed by atoms with Crippen LogP contribution < -0.4 is 4.74 Å². The van der Waals surface area contributed by atoms with Crippen molar-refractivity contribution in [2.24, 2.45) is 0 Å². The van der Waals surface area contributed by atoms with E-state index in [1.54, 1.807) is 13.0 Å². The number of nitrogens with zero attached hydrogens (tertiary/aromatic N) is 3. The lowest BCUT2D eigenvalue weighted by Crippen LogP contribution is -2.09. The summed E-state index contributed by atoms with van der Waals surface area (Å²) in [4.78, 5) is 8.01. The summed E-state index contributed by atoms with van der Waals surface area (Å²) >= 11 is 0. The third-order valence-electron chi connectivity index (χ3n) is 2.05. The van der Waals surface area contributed by atoms with Gasteiger partial charge >= 0.3 is 6.01 Å². The second-order valence-corrected chi connectivity index (χ2v) is 3.60. The highest BCUT2D eigenvalue weighted by Crippen LogP contribution is 2.05. The minimum absolute atomic E-state index is 0.237. The molecule has 1 rings (SSSR count). The lowest BCUT2D eigenvalue weighted by Gasteiger charge is -2.05. The summed E-state index contributed by atoms with van der Waals surface area (Å²) in [5.41, 5.74) is 1.04. The van der Waals surface area contributed by atoms with E-state index in [0.717, 1.165) is 25.1 Å². The number of aryl methyl sites for hydroxylation is 1. The van der Waals surface area contributed by atoms with Crippen molar-refractivity contribution in [2.75, 3.05) is 19.8 Å². The van der Waals surface area contributed by atoms with E-state index in [1.807, 2.05) is 6.07 Å². The summed E-state index contributed by atoms with van der Waals surface area (Å²) in [6.07, 6.45) is 2.17. The maximum absolute atomic E-state index is 8.73. The summed E-state index contributed by atoms with van der Waals surface area (Å²) in [6.45, 7) is 5.58. The highest BCUT2D eigenvalue weighted by Gasteiger charge is 2.02. The number of hydrogen-bond donors (Lipinski definition) is 0. The van der Waals surface area contributed by atoms with Gasteiger partial charge in [-0.05, 0) is 19.4 Å². The van der Waals surface area contributed by atoms with E-state index in [9.17, 15) is 0 Å². The van der Waals surface area contributed by atoms with E-state index in [0.29, 0.717) is 18.9 Å². The molecule has 0 saturated heterocycles. The number of hydrogen-bond acceptors (Lipinski definition) is 5. The van der Waals surface area contributed by atoms with E-state index in [-0.39, 0.29) is 6.01 Å². The largest absolute Gasteiger partial charge is 0.461 e. The zero-order valence-electron chi connectivity index (χ0n) is 10.3. The Balaban J connectivity index is 2.32. The van der Waals surface area contributed by atoms with Crippen LogP contribution in [0.2, 0.25) is 0 Å². The zero-order valence-corrected chi connectivity index (χ0v) is 10.3. The number of unbranched alkanes of at least 4 members (excludes halogenated alkanes) is 1. The molecule has 0 aliphatic heterocycles. The van der Waals surface area contributed by atoms with Crippen LogP contribution >= 0.6 is 0 Å². The topological polar surface area (TPSA) is 68.0 Å². The molecule has 0 spiro atoms. The number of rotatable bonds is 7. The fraction of sp³-hybridized carbons (Fsp3) is 0.583. The summed E-state index contributed by atoms with van der Waals surface area (Å²) < 4.78 is 10.6. The molecule has 5 nitrogen and oxygen atoms in total. The molecular formula is C12H17N3O2. The van der Waals surface area contributed by atoms with Crippen molar-refractivity contribution in [2.45, 2.75) is 26.7 Å². The average molecular weight is 235 g/mol. The van der Waals surface area contributed by atoms with Gasteiger partial charge in [0.1, 0.15) is 18.4 Å². The minimum atomic E-state index is 0.237. The summed E-state index contributed by atoms with van der Waals surface area (Å²) in [6, 6.07) is 3.82. The van der Waals surface area contributed by atoms with Gasteiger partial charge in [-0.3, -0.25) is 0 Å². The molecule has 0 aliphatic carbocycles. The average Bonchev–Trinajstić information content (AvgIpc) is 2.33. The van der Waals surface area contributed by atoms with Crippen molar-refractivity contribution >= 4 is 0 Å². The summed E-state index contributed by atoms with van der Waals surface area (Å²) in [5, 5.41) is 8.73. The van der Waals surface area contributed by atoms with Crippen molar-refractivity contribution in [3.05, 3.63) is 17.5 Å². The van der Waals surface area contributed by atoms with E-state index in [2.05, 4.69) is 16.9 Å². The maximum Gasteiger partial charge on any atom is 0.317 e. The summed E-state index contributed by atoms with van der Waals surface area (Å²) in [7, 11) is 0. The molecular weight excluding hydrogens is 218 g/mol. The molecule has 0 N–H and O–H groups in total. The fourth-order valence-corrected chi connectivity index (χ4v) is 1.20. The van der Waals surface area contributed by atoms with E-state index in [4.69, 9.17) is 14.7 Å². The minimum Gasteiger partial charge on any atom is -0.461 e. The molecule has 1 aromatic heterocycles. The summed E-state index contributed by atoms with van der Waals surface area (Å²) in [5.74, 6) is 0. The highest BCUT2D eigenvalue weighted by molar-refractivity contribution is 5.23. The van der Waals surface area contributed by atoms with Gasteiger partial charge in [-0.1, -0.05) is 13.3 Å². The molecule has 0 fully saturated rings. The fourth-order valence-electron chi connectivity index (χ4n) is 1.20. The second kappa shape index (κ2) is 7.58.